The van der Waals surface area contributed by atoms with Gasteiger partial charge < -0.3 is 20.3 Å². The van der Waals surface area contributed by atoms with Crippen molar-refractivity contribution in [3.8, 4) is 17.2 Å². The minimum absolute atomic E-state index is 0. The first-order valence-corrected chi connectivity index (χ1v) is 5.86. The molecule has 1 aliphatic rings. The number of ether oxygens (including phenoxy) is 2. The molecule has 1 aliphatic carbocycles. The molecule has 102 valence electrons. The van der Waals surface area contributed by atoms with E-state index in [2.05, 4.69) is 0 Å². The Morgan fingerprint density at radius 3 is 2.50 bits per heavy atom. The summed E-state index contributed by atoms with van der Waals surface area (Å²) in [5, 5.41) is 10.00. The summed E-state index contributed by atoms with van der Waals surface area (Å²) in [6, 6.07) is 3.15. The summed E-state index contributed by atoms with van der Waals surface area (Å²) in [5.41, 5.74) is 6.80. The van der Waals surface area contributed by atoms with Crippen LogP contribution in [0.1, 0.15) is 30.9 Å². The summed E-state index contributed by atoms with van der Waals surface area (Å²) < 4.78 is 10.4. The molecule has 18 heavy (non-hydrogen) atoms. The van der Waals surface area contributed by atoms with Crippen molar-refractivity contribution in [2.24, 2.45) is 11.7 Å². The number of aromatic hydroxyl groups is 1. The number of phenolic OH excluding ortho intramolecular Hbond substituents is 1. The third-order valence-electron chi connectivity index (χ3n) is 3.20. The van der Waals surface area contributed by atoms with E-state index in [1.807, 2.05) is 0 Å². The summed E-state index contributed by atoms with van der Waals surface area (Å²) in [6.07, 6.45) is 3.39. The monoisotopic (exact) mass is 273 g/mol. The minimum atomic E-state index is -0.177. The standard InChI is InChI=1S/C13H19NO3.ClH/c1-16-9-6-11(15)13(12(7-9)17-2)10(14)5-8-3-4-8;/h6-8,10,15H,3-5,14H2,1-2H3;1H/t10-;/m1./s1. The molecule has 1 aromatic carbocycles. The van der Waals surface area contributed by atoms with Crippen LogP contribution in [0.3, 0.4) is 0 Å². The maximum Gasteiger partial charge on any atom is 0.131 e. The van der Waals surface area contributed by atoms with Crippen molar-refractivity contribution in [3.05, 3.63) is 17.7 Å². The zero-order valence-electron chi connectivity index (χ0n) is 10.7. The van der Waals surface area contributed by atoms with Crippen LogP contribution < -0.4 is 15.2 Å². The second-order valence-corrected chi connectivity index (χ2v) is 4.55. The molecule has 1 fully saturated rings. The maximum absolute atomic E-state index is 10.00. The van der Waals surface area contributed by atoms with E-state index in [0.29, 0.717) is 23.0 Å². The molecule has 1 saturated carbocycles. The Kier molecular flexibility index (Phi) is 5.11. The van der Waals surface area contributed by atoms with Gasteiger partial charge in [-0.2, -0.15) is 0 Å². The number of hydrogen-bond donors (Lipinski definition) is 2. The first-order chi connectivity index (χ1) is 8.15. The average Bonchev–Trinajstić information content (AvgIpc) is 3.11. The van der Waals surface area contributed by atoms with Crippen LogP contribution in [0.25, 0.3) is 0 Å². The van der Waals surface area contributed by atoms with Gasteiger partial charge in [0.05, 0.1) is 19.8 Å². The molecule has 0 spiro atoms. The van der Waals surface area contributed by atoms with Gasteiger partial charge in [-0.25, -0.2) is 0 Å². The molecule has 4 nitrogen and oxygen atoms in total. The van der Waals surface area contributed by atoms with Gasteiger partial charge in [0.25, 0.3) is 0 Å². The Balaban J connectivity index is 0.00000162. The Morgan fingerprint density at radius 1 is 1.33 bits per heavy atom. The van der Waals surface area contributed by atoms with E-state index in [1.165, 1.54) is 12.8 Å². The van der Waals surface area contributed by atoms with Crippen LogP contribution in [0.15, 0.2) is 12.1 Å². The molecule has 3 N–H and O–H groups in total. The second kappa shape index (κ2) is 6.16. The molecular formula is C13H20ClNO3. The van der Waals surface area contributed by atoms with E-state index < -0.39 is 0 Å². The lowest BCUT2D eigenvalue weighted by Gasteiger charge is -2.18. The highest BCUT2D eigenvalue weighted by Crippen LogP contribution is 2.42. The highest BCUT2D eigenvalue weighted by atomic mass is 35.5. The third kappa shape index (κ3) is 3.21. The molecule has 0 heterocycles. The van der Waals surface area contributed by atoms with Gasteiger partial charge in [-0.3, -0.25) is 0 Å². The molecule has 0 amide bonds. The molecular weight excluding hydrogens is 254 g/mol. The smallest absolute Gasteiger partial charge is 0.131 e. The normalized spacial score (nSPS) is 15.7. The number of rotatable bonds is 5. The van der Waals surface area contributed by atoms with Crippen LogP contribution >= 0.6 is 12.4 Å². The van der Waals surface area contributed by atoms with Crippen LogP contribution in [0, 0.1) is 5.92 Å². The van der Waals surface area contributed by atoms with E-state index in [4.69, 9.17) is 15.2 Å². The lowest BCUT2D eigenvalue weighted by molar-refractivity contribution is 0.372. The zero-order valence-corrected chi connectivity index (χ0v) is 11.5. The molecule has 0 saturated heterocycles. The Labute approximate surface area is 113 Å². The van der Waals surface area contributed by atoms with Crippen LogP contribution in [0.5, 0.6) is 17.2 Å². The van der Waals surface area contributed by atoms with Crippen LogP contribution in [-0.2, 0) is 0 Å². The predicted octanol–water partition coefficient (Wildman–Crippen LogP) is 2.63. The fraction of sp³-hybridized carbons (Fsp3) is 0.538. The van der Waals surface area contributed by atoms with Crippen LogP contribution in [0.2, 0.25) is 0 Å². The third-order valence-corrected chi connectivity index (χ3v) is 3.20. The Morgan fingerprint density at radius 2 is 2.00 bits per heavy atom. The molecule has 5 heteroatoms. The van der Waals surface area contributed by atoms with Crippen molar-refractivity contribution in [3.63, 3.8) is 0 Å². The second-order valence-electron chi connectivity index (χ2n) is 4.55. The van der Waals surface area contributed by atoms with Gasteiger partial charge in [-0.15, -0.1) is 12.4 Å². The van der Waals surface area contributed by atoms with Gasteiger partial charge in [0.15, 0.2) is 0 Å². The number of benzene rings is 1. The molecule has 1 aromatic rings. The van der Waals surface area contributed by atoms with Crippen molar-refractivity contribution < 1.29 is 14.6 Å². The molecule has 0 bridgehead atoms. The molecule has 0 radical (unpaired) electrons. The molecule has 2 rings (SSSR count). The lowest BCUT2D eigenvalue weighted by Crippen LogP contribution is -2.12. The van der Waals surface area contributed by atoms with E-state index >= 15 is 0 Å². The summed E-state index contributed by atoms with van der Waals surface area (Å²) in [6.45, 7) is 0. The van der Waals surface area contributed by atoms with Gasteiger partial charge in [0, 0.05) is 18.2 Å². The zero-order chi connectivity index (χ0) is 12.4. The average molecular weight is 274 g/mol. The largest absolute Gasteiger partial charge is 0.507 e. The molecule has 0 aromatic heterocycles. The van der Waals surface area contributed by atoms with Crippen molar-refractivity contribution in [2.75, 3.05) is 14.2 Å². The van der Waals surface area contributed by atoms with Gasteiger partial charge >= 0.3 is 0 Å². The quantitative estimate of drug-likeness (QED) is 0.866. The van der Waals surface area contributed by atoms with Gasteiger partial charge in [-0.05, 0) is 12.3 Å². The topological polar surface area (TPSA) is 64.7 Å². The SMILES string of the molecule is COc1cc(O)c([C@H](N)CC2CC2)c(OC)c1.Cl. The fourth-order valence-corrected chi connectivity index (χ4v) is 2.08. The number of halogens is 1. The van der Waals surface area contributed by atoms with Crippen molar-refractivity contribution in [1.29, 1.82) is 0 Å². The summed E-state index contributed by atoms with van der Waals surface area (Å²) in [7, 11) is 3.12. The van der Waals surface area contributed by atoms with Crippen LogP contribution in [-0.4, -0.2) is 19.3 Å². The van der Waals surface area contributed by atoms with Crippen molar-refractivity contribution in [1.82, 2.24) is 0 Å². The van der Waals surface area contributed by atoms with E-state index in [-0.39, 0.29) is 24.2 Å². The van der Waals surface area contributed by atoms with Gasteiger partial charge in [0.2, 0.25) is 0 Å². The summed E-state index contributed by atoms with van der Waals surface area (Å²) >= 11 is 0. The molecule has 0 aliphatic heterocycles. The summed E-state index contributed by atoms with van der Waals surface area (Å²) in [5.74, 6) is 2.02. The van der Waals surface area contributed by atoms with E-state index in [1.54, 1.807) is 26.4 Å². The predicted molar refractivity (Wildman–Crippen MR) is 72.7 cm³/mol. The van der Waals surface area contributed by atoms with Crippen molar-refractivity contribution >= 4 is 12.4 Å². The maximum atomic E-state index is 10.00. The Hall–Kier alpha value is -1.13. The van der Waals surface area contributed by atoms with E-state index in [9.17, 15) is 5.11 Å². The van der Waals surface area contributed by atoms with Gasteiger partial charge in [-0.1, -0.05) is 12.8 Å². The minimum Gasteiger partial charge on any atom is -0.507 e. The number of phenols is 1. The molecule has 0 unspecified atom stereocenters. The highest BCUT2D eigenvalue weighted by Gasteiger charge is 2.27. The van der Waals surface area contributed by atoms with Crippen LogP contribution in [0.4, 0.5) is 0 Å². The number of nitrogens with two attached hydrogens (primary N) is 1. The first-order valence-electron chi connectivity index (χ1n) is 5.86. The number of methoxy groups -OCH3 is 2. The molecule has 1 atom stereocenters. The number of hydrogen-bond acceptors (Lipinski definition) is 4. The van der Waals surface area contributed by atoms with E-state index in [0.717, 1.165) is 6.42 Å². The lowest BCUT2D eigenvalue weighted by atomic mass is 9.99. The van der Waals surface area contributed by atoms with Gasteiger partial charge in [0.1, 0.15) is 17.2 Å². The first kappa shape index (κ1) is 14.9. The highest BCUT2D eigenvalue weighted by molar-refractivity contribution is 5.85. The van der Waals surface area contributed by atoms with Crippen molar-refractivity contribution in [2.45, 2.75) is 25.3 Å². The fourth-order valence-electron chi connectivity index (χ4n) is 2.08. The summed E-state index contributed by atoms with van der Waals surface area (Å²) in [4.78, 5) is 0. The Bertz CT molecular complexity index is 407.